The first-order chi connectivity index (χ1) is 11.1. The minimum absolute atomic E-state index is 0.0781. The summed E-state index contributed by atoms with van der Waals surface area (Å²) in [7, 11) is 0. The Labute approximate surface area is 138 Å². The number of thiazole rings is 1. The Bertz CT molecular complexity index is 690. The smallest absolute Gasteiger partial charge is 0.273 e. The van der Waals surface area contributed by atoms with Crippen molar-refractivity contribution in [2.75, 3.05) is 31.9 Å². The molecule has 122 valence electrons. The third-order valence-corrected chi connectivity index (χ3v) is 4.64. The molecular formula is C16H19FN4OS. The van der Waals surface area contributed by atoms with E-state index in [4.69, 9.17) is 5.73 Å². The second-order valence-corrected chi connectivity index (χ2v) is 6.47. The number of nitrogens with two attached hydrogens (primary N) is 1. The van der Waals surface area contributed by atoms with E-state index < -0.39 is 0 Å². The van der Waals surface area contributed by atoms with Crippen LogP contribution in [0.1, 0.15) is 22.5 Å². The Balaban J connectivity index is 1.61. The molecule has 5 nitrogen and oxygen atoms in total. The van der Waals surface area contributed by atoms with Gasteiger partial charge in [-0.25, -0.2) is 9.37 Å². The highest BCUT2D eigenvalue weighted by molar-refractivity contribution is 7.13. The van der Waals surface area contributed by atoms with Crippen LogP contribution in [-0.2, 0) is 6.54 Å². The topological polar surface area (TPSA) is 62.5 Å². The first-order valence-corrected chi connectivity index (χ1v) is 8.47. The van der Waals surface area contributed by atoms with Crippen LogP contribution in [0.3, 0.4) is 0 Å². The summed E-state index contributed by atoms with van der Waals surface area (Å²) in [6.45, 7) is 3.43. The van der Waals surface area contributed by atoms with Crippen LogP contribution in [0.15, 0.2) is 29.6 Å². The number of nitrogen functional groups attached to an aromatic ring is 1. The van der Waals surface area contributed by atoms with Crippen molar-refractivity contribution in [3.05, 3.63) is 46.7 Å². The molecule has 1 aromatic carbocycles. The van der Waals surface area contributed by atoms with Gasteiger partial charge in [0, 0.05) is 43.7 Å². The van der Waals surface area contributed by atoms with Crippen molar-refractivity contribution in [3.63, 3.8) is 0 Å². The fourth-order valence-electron chi connectivity index (χ4n) is 2.75. The molecule has 0 radical (unpaired) electrons. The first-order valence-electron chi connectivity index (χ1n) is 7.59. The second-order valence-electron chi connectivity index (χ2n) is 5.58. The van der Waals surface area contributed by atoms with Crippen molar-refractivity contribution in [2.24, 2.45) is 0 Å². The molecule has 2 heterocycles. The zero-order valence-electron chi connectivity index (χ0n) is 12.7. The number of amides is 1. The maximum absolute atomic E-state index is 13.8. The van der Waals surface area contributed by atoms with Crippen LogP contribution in [0, 0.1) is 5.82 Å². The molecule has 0 atom stereocenters. The summed E-state index contributed by atoms with van der Waals surface area (Å²) in [5.74, 6) is -0.256. The second kappa shape index (κ2) is 7.06. The molecule has 0 unspecified atom stereocenters. The predicted octanol–water partition coefficient (Wildman–Crippen LogP) is 2.21. The lowest BCUT2D eigenvalue weighted by atomic mass is 10.2. The van der Waals surface area contributed by atoms with Gasteiger partial charge in [0.1, 0.15) is 11.5 Å². The fraction of sp³-hybridized carbons (Fsp3) is 0.375. The number of hydrogen-bond acceptors (Lipinski definition) is 5. The van der Waals surface area contributed by atoms with Crippen LogP contribution < -0.4 is 5.73 Å². The van der Waals surface area contributed by atoms with Crippen LogP contribution >= 0.6 is 11.3 Å². The molecule has 1 aliphatic rings. The number of carbonyl (C=O) groups is 1. The van der Waals surface area contributed by atoms with Crippen molar-refractivity contribution in [2.45, 2.75) is 13.0 Å². The van der Waals surface area contributed by atoms with Crippen LogP contribution in [0.4, 0.5) is 9.52 Å². The van der Waals surface area contributed by atoms with Gasteiger partial charge in [-0.05, 0) is 12.5 Å². The minimum atomic E-state index is -0.178. The van der Waals surface area contributed by atoms with E-state index in [-0.39, 0.29) is 11.7 Å². The monoisotopic (exact) mass is 334 g/mol. The summed E-state index contributed by atoms with van der Waals surface area (Å²) in [5, 5.41) is 2.10. The van der Waals surface area contributed by atoms with E-state index in [0.717, 1.165) is 19.5 Å². The number of nitrogens with zero attached hydrogens (tertiary/aromatic N) is 3. The van der Waals surface area contributed by atoms with Gasteiger partial charge in [-0.3, -0.25) is 9.69 Å². The molecular weight excluding hydrogens is 315 g/mol. The summed E-state index contributed by atoms with van der Waals surface area (Å²) in [6.07, 6.45) is 0.861. The molecule has 1 saturated heterocycles. The number of rotatable bonds is 3. The average Bonchev–Trinajstić information content (AvgIpc) is 2.84. The van der Waals surface area contributed by atoms with Gasteiger partial charge < -0.3 is 10.6 Å². The molecule has 0 aliphatic carbocycles. The Kier molecular flexibility index (Phi) is 4.88. The maximum atomic E-state index is 13.8. The van der Waals surface area contributed by atoms with E-state index in [0.29, 0.717) is 36.0 Å². The molecule has 0 bridgehead atoms. The summed E-state index contributed by atoms with van der Waals surface area (Å²) in [4.78, 5) is 20.5. The van der Waals surface area contributed by atoms with E-state index in [1.165, 1.54) is 17.4 Å². The molecule has 2 N–H and O–H groups in total. The van der Waals surface area contributed by atoms with Gasteiger partial charge in [0.05, 0.1) is 0 Å². The summed E-state index contributed by atoms with van der Waals surface area (Å²) >= 11 is 1.27. The Hall–Kier alpha value is -1.99. The minimum Gasteiger partial charge on any atom is -0.375 e. The van der Waals surface area contributed by atoms with Crippen LogP contribution in [0.25, 0.3) is 0 Å². The molecule has 0 spiro atoms. The Morgan fingerprint density at radius 1 is 1.26 bits per heavy atom. The first kappa shape index (κ1) is 15.9. The molecule has 0 saturated carbocycles. The van der Waals surface area contributed by atoms with E-state index in [1.54, 1.807) is 22.4 Å². The van der Waals surface area contributed by atoms with Gasteiger partial charge >= 0.3 is 0 Å². The highest BCUT2D eigenvalue weighted by Crippen LogP contribution is 2.16. The highest BCUT2D eigenvalue weighted by Gasteiger charge is 2.22. The number of hydrogen-bond donors (Lipinski definition) is 1. The van der Waals surface area contributed by atoms with Crippen molar-refractivity contribution in [3.8, 4) is 0 Å². The van der Waals surface area contributed by atoms with Crippen LogP contribution in [0.2, 0.25) is 0 Å². The SMILES string of the molecule is Nc1nc(C(=O)N2CCCN(Cc3ccccc3F)CC2)cs1. The van der Waals surface area contributed by atoms with Crippen LogP contribution in [-0.4, -0.2) is 46.9 Å². The lowest BCUT2D eigenvalue weighted by Crippen LogP contribution is -2.35. The standard InChI is InChI=1S/C16H19FN4OS/c17-13-5-2-1-4-12(13)10-20-6-3-7-21(9-8-20)15(22)14-11-23-16(18)19-14/h1-2,4-5,11H,3,6-10H2,(H2,18,19). The number of carbonyl (C=O) groups excluding carboxylic acids is 1. The maximum Gasteiger partial charge on any atom is 0.273 e. The number of anilines is 1. The molecule has 23 heavy (non-hydrogen) atoms. The zero-order valence-corrected chi connectivity index (χ0v) is 13.6. The molecule has 3 rings (SSSR count). The molecule has 7 heteroatoms. The van der Waals surface area contributed by atoms with Gasteiger partial charge in [-0.2, -0.15) is 0 Å². The normalized spacial score (nSPS) is 16.3. The largest absolute Gasteiger partial charge is 0.375 e. The predicted molar refractivity (Wildman–Crippen MR) is 88.7 cm³/mol. The van der Waals surface area contributed by atoms with E-state index in [2.05, 4.69) is 9.88 Å². The molecule has 1 amide bonds. The quantitative estimate of drug-likeness (QED) is 0.935. The number of halogens is 1. The third-order valence-electron chi connectivity index (χ3n) is 3.97. The molecule has 2 aromatic rings. The van der Waals surface area contributed by atoms with Gasteiger partial charge in [0.25, 0.3) is 5.91 Å². The summed E-state index contributed by atoms with van der Waals surface area (Å²) in [5.41, 5.74) is 6.70. The summed E-state index contributed by atoms with van der Waals surface area (Å²) < 4.78 is 13.8. The zero-order chi connectivity index (χ0) is 16.2. The van der Waals surface area contributed by atoms with Gasteiger partial charge in [0.2, 0.25) is 0 Å². The van der Waals surface area contributed by atoms with Gasteiger partial charge in [-0.15, -0.1) is 11.3 Å². The number of aromatic nitrogens is 1. The van der Waals surface area contributed by atoms with E-state index in [1.807, 2.05) is 6.07 Å². The third kappa shape index (κ3) is 3.86. The van der Waals surface area contributed by atoms with Crippen LogP contribution in [0.5, 0.6) is 0 Å². The molecule has 1 fully saturated rings. The lowest BCUT2D eigenvalue weighted by Gasteiger charge is -2.21. The average molecular weight is 334 g/mol. The van der Waals surface area contributed by atoms with Gasteiger partial charge in [-0.1, -0.05) is 18.2 Å². The fourth-order valence-corrected chi connectivity index (χ4v) is 3.28. The lowest BCUT2D eigenvalue weighted by molar-refractivity contribution is 0.0756. The highest BCUT2D eigenvalue weighted by atomic mass is 32.1. The molecule has 1 aliphatic heterocycles. The Morgan fingerprint density at radius 2 is 2.09 bits per heavy atom. The number of benzene rings is 1. The van der Waals surface area contributed by atoms with E-state index in [9.17, 15) is 9.18 Å². The molecule has 1 aromatic heterocycles. The van der Waals surface area contributed by atoms with Crippen molar-refractivity contribution >= 4 is 22.4 Å². The van der Waals surface area contributed by atoms with Gasteiger partial charge in [0.15, 0.2) is 5.13 Å². The van der Waals surface area contributed by atoms with Crippen molar-refractivity contribution < 1.29 is 9.18 Å². The van der Waals surface area contributed by atoms with Crippen molar-refractivity contribution in [1.82, 2.24) is 14.8 Å². The summed E-state index contributed by atoms with van der Waals surface area (Å²) in [6, 6.07) is 6.83. The Morgan fingerprint density at radius 3 is 2.83 bits per heavy atom. The van der Waals surface area contributed by atoms with Crippen molar-refractivity contribution in [1.29, 1.82) is 0 Å². The van der Waals surface area contributed by atoms with E-state index >= 15 is 0 Å².